The van der Waals surface area contributed by atoms with Crippen LogP contribution in [-0.2, 0) is 13.0 Å². The number of halogens is 1. The van der Waals surface area contributed by atoms with E-state index in [1.807, 2.05) is 24.3 Å². The van der Waals surface area contributed by atoms with Crippen LogP contribution in [-0.4, -0.2) is 15.0 Å². The lowest BCUT2D eigenvalue weighted by Crippen LogP contribution is -2.08. The third-order valence-electron chi connectivity index (χ3n) is 2.42. The maximum absolute atomic E-state index is 5.73. The predicted molar refractivity (Wildman–Crippen MR) is 66.3 cm³/mol. The van der Waals surface area contributed by atoms with Gasteiger partial charge in [0, 0.05) is 11.0 Å². The Morgan fingerprint density at radius 1 is 1.44 bits per heavy atom. The average Bonchev–Trinajstić information content (AvgIpc) is 2.71. The summed E-state index contributed by atoms with van der Waals surface area (Å²) in [5.41, 5.74) is 8.64. The summed E-state index contributed by atoms with van der Waals surface area (Å²) in [6, 6.07) is 7.92. The molecule has 0 amide bonds. The van der Waals surface area contributed by atoms with Gasteiger partial charge in [0.15, 0.2) is 0 Å². The quantitative estimate of drug-likeness (QED) is 0.936. The second-order valence-corrected chi connectivity index (χ2v) is 4.35. The van der Waals surface area contributed by atoms with Crippen LogP contribution in [0.3, 0.4) is 0 Å². The molecule has 0 aliphatic rings. The van der Waals surface area contributed by atoms with E-state index in [4.69, 9.17) is 5.73 Å². The van der Waals surface area contributed by atoms with Gasteiger partial charge < -0.3 is 5.73 Å². The topological polar surface area (TPSA) is 56.7 Å². The summed E-state index contributed by atoms with van der Waals surface area (Å²) >= 11 is 3.44. The molecule has 0 atom stereocenters. The monoisotopic (exact) mass is 280 g/mol. The maximum atomic E-state index is 5.73. The van der Waals surface area contributed by atoms with Gasteiger partial charge >= 0.3 is 0 Å². The molecule has 2 rings (SSSR count). The molecule has 1 aromatic carbocycles. The first-order valence-electron chi connectivity index (χ1n) is 5.15. The van der Waals surface area contributed by atoms with Crippen molar-refractivity contribution in [1.29, 1.82) is 0 Å². The zero-order valence-corrected chi connectivity index (χ0v) is 10.6. The van der Waals surface area contributed by atoms with Crippen LogP contribution >= 0.6 is 15.9 Å². The standard InChI is InChI=1S/C11H13BrN4/c1-2-10-11(7-13)16(15-14-10)9-5-3-4-8(12)6-9/h3-6H,2,7,13H2,1H3. The summed E-state index contributed by atoms with van der Waals surface area (Å²) in [6.45, 7) is 2.50. The Bertz CT molecular complexity index is 492. The molecule has 0 aliphatic carbocycles. The molecule has 0 spiro atoms. The molecule has 1 heterocycles. The van der Waals surface area contributed by atoms with E-state index in [0.29, 0.717) is 6.54 Å². The number of rotatable bonds is 3. The van der Waals surface area contributed by atoms with Crippen LogP contribution in [0.5, 0.6) is 0 Å². The highest BCUT2D eigenvalue weighted by Gasteiger charge is 2.10. The van der Waals surface area contributed by atoms with Crippen molar-refractivity contribution in [2.24, 2.45) is 5.73 Å². The molecule has 0 radical (unpaired) electrons. The number of nitrogens with two attached hydrogens (primary N) is 1. The Labute approximate surface area is 103 Å². The minimum Gasteiger partial charge on any atom is -0.325 e. The number of hydrogen-bond acceptors (Lipinski definition) is 3. The second kappa shape index (κ2) is 4.76. The SMILES string of the molecule is CCc1nnn(-c2cccc(Br)c2)c1CN. The van der Waals surface area contributed by atoms with Gasteiger partial charge in [-0.1, -0.05) is 34.1 Å². The zero-order valence-electron chi connectivity index (χ0n) is 9.02. The molecule has 16 heavy (non-hydrogen) atoms. The van der Waals surface area contributed by atoms with Crippen molar-refractivity contribution in [3.05, 3.63) is 40.1 Å². The van der Waals surface area contributed by atoms with Gasteiger partial charge in [0.05, 0.1) is 17.1 Å². The van der Waals surface area contributed by atoms with Crippen LogP contribution in [0.1, 0.15) is 18.3 Å². The molecule has 0 fully saturated rings. The van der Waals surface area contributed by atoms with Crippen molar-refractivity contribution in [2.45, 2.75) is 19.9 Å². The molecule has 0 aliphatic heterocycles. The normalized spacial score (nSPS) is 10.7. The molecule has 2 aromatic rings. The third-order valence-corrected chi connectivity index (χ3v) is 2.92. The van der Waals surface area contributed by atoms with E-state index in [1.165, 1.54) is 0 Å². The maximum Gasteiger partial charge on any atom is 0.0874 e. The van der Waals surface area contributed by atoms with Gasteiger partial charge in [-0.05, 0) is 24.6 Å². The van der Waals surface area contributed by atoms with Crippen LogP contribution in [0.2, 0.25) is 0 Å². The lowest BCUT2D eigenvalue weighted by Gasteiger charge is -2.05. The van der Waals surface area contributed by atoms with Gasteiger partial charge in [-0.15, -0.1) is 5.10 Å². The molecule has 0 unspecified atom stereocenters. The number of aromatic nitrogens is 3. The third kappa shape index (κ3) is 2.01. The number of benzene rings is 1. The largest absolute Gasteiger partial charge is 0.325 e. The molecular weight excluding hydrogens is 268 g/mol. The van der Waals surface area contributed by atoms with Crippen LogP contribution < -0.4 is 5.73 Å². The molecule has 1 aromatic heterocycles. The smallest absolute Gasteiger partial charge is 0.0874 e. The van der Waals surface area contributed by atoms with E-state index < -0.39 is 0 Å². The van der Waals surface area contributed by atoms with Crippen molar-refractivity contribution in [1.82, 2.24) is 15.0 Å². The molecule has 84 valence electrons. The van der Waals surface area contributed by atoms with E-state index in [9.17, 15) is 0 Å². The summed E-state index contributed by atoms with van der Waals surface area (Å²) in [5, 5.41) is 8.26. The molecule has 0 bridgehead atoms. The van der Waals surface area contributed by atoms with Crippen LogP contribution in [0, 0.1) is 0 Å². The fourth-order valence-electron chi connectivity index (χ4n) is 1.63. The van der Waals surface area contributed by atoms with Crippen LogP contribution in [0.25, 0.3) is 5.69 Å². The highest BCUT2D eigenvalue weighted by atomic mass is 79.9. The van der Waals surface area contributed by atoms with Crippen molar-refractivity contribution in [3.63, 3.8) is 0 Å². The fourth-order valence-corrected chi connectivity index (χ4v) is 2.01. The second-order valence-electron chi connectivity index (χ2n) is 3.43. The summed E-state index contributed by atoms with van der Waals surface area (Å²) < 4.78 is 2.81. The van der Waals surface area contributed by atoms with Gasteiger partial charge in [-0.3, -0.25) is 0 Å². The van der Waals surface area contributed by atoms with Gasteiger partial charge in [-0.25, -0.2) is 4.68 Å². The summed E-state index contributed by atoms with van der Waals surface area (Å²) in [5.74, 6) is 0. The van der Waals surface area contributed by atoms with Gasteiger partial charge in [-0.2, -0.15) is 0 Å². The average molecular weight is 281 g/mol. The molecule has 0 saturated carbocycles. The lowest BCUT2D eigenvalue weighted by molar-refractivity contribution is 0.761. The molecular formula is C11H13BrN4. The predicted octanol–water partition coefficient (Wildman–Crippen LogP) is 2.05. The fraction of sp³-hybridized carbons (Fsp3) is 0.273. The Kier molecular flexibility index (Phi) is 3.36. The lowest BCUT2D eigenvalue weighted by atomic mass is 10.2. The number of hydrogen-bond donors (Lipinski definition) is 1. The van der Waals surface area contributed by atoms with E-state index in [0.717, 1.165) is 28.0 Å². The molecule has 2 N–H and O–H groups in total. The Morgan fingerprint density at radius 2 is 2.25 bits per heavy atom. The van der Waals surface area contributed by atoms with Crippen molar-refractivity contribution in [3.8, 4) is 5.69 Å². The zero-order chi connectivity index (χ0) is 11.5. The van der Waals surface area contributed by atoms with Crippen molar-refractivity contribution in [2.75, 3.05) is 0 Å². The minimum atomic E-state index is 0.447. The van der Waals surface area contributed by atoms with Gasteiger partial charge in [0.1, 0.15) is 0 Å². The van der Waals surface area contributed by atoms with E-state index in [1.54, 1.807) is 4.68 Å². The van der Waals surface area contributed by atoms with Gasteiger partial charge in [0.25, 0.3) is 0 Å². The van der Waals surface area contributed by atoms with Crippen molar-refractivity contribution < 1.29 is 0 Å². The van der Waals surface area contributed by atoms with Crippen molar-refractivity contribution >= 4 is 15.9 Å². The highest BCUT2D eigenvalue weighted by Crippen LogP contribution is 2.17. The molecule has 0 saturated heterocycles. The van der Waals surface area contributed by atoms with E-state index in [-0.39, 0.29) is 0 Å². The first-order chi connectivity index (χ1) is 7.76. The molecule has 4 nitrogen and oxygen atoms in total. The number of aryl methyl sites for hydroxylation is 1. The van der Waals surface area contributed by atoms with Crippen LogP contribution in [0.4, 0.5) is 0 Å². The van der Waals surface area contributed by atoms with E-state index in [2.05, 4.69) is 33.2 Å². The summed E-state index contributed by atoms with van der Waals surface area (Å²) in [7, 11) is 0. The van der Waals surface area contributed by atoms with Crippen LogP contribution in [0.15, 0.2) is 28.7 Å². The minimum absolute atomic E-state index is 0.447. The van der Waals surface area contributed by atoms with E-state index >= 15 is 0 Å². The first kappa shape index (κ1) is 11.3. The Hall–Kier alpha value is -1.20. The number of nitrogens with zero attached hydrogens (tertiary/aromatic N) is 3. The molecule has 5 heteroatoms. The van der Waals surface area contributed by atoms with Gasteiger partial charge in [0.2, 0.25) is 0 Å². The Balaban J connectivity index is 2.51. The Morgan fingerprint density at radius 3 is 2.88 bits per heavy atom. The first-order valence-corrected chi connectivity index (χ1v) is 5.95. The highest BCUT2D eigenvalue weighted by molar-refractivity contribution is 9.10. The summed E-state index contributed by atoms with van der Waals surface area (Å²) in [4.78, 5) is 0. The summed E-state index contributed by atoms with van der Waals surface area (Å²) in [6.07, 6.45) is 0.848.